The van der Waals surface area contributed by atoms with Crippen molar-refractivity contribution in [2.45, 2.75) is 23.8 Å². The summed E-state index contributed by atoms with van der Waals surface area (Å²) in [5.74, 6) is 1.09. The predicted octanol–water partition coefficient (Wildman–Crippen LogP) is 1.48. The summed E-state index contributed by atoms with van der Waals surface area (Å²) in [4.78, 5) is 0.0352. The summed E-state index contributed by atoms with van der Waals surface area (Å²) in [6, 6.07) is 2.84. The zero-order chi connectivity index (χ0) is 15.6. The molecule has 1 atom stereocenters. The molecule has 8 heteroatoms. The molecule has 0 aromatic heterocycles. The highest BCUT2D eigenvalue weighted by Crippen LogP contribution is 2.35. The second-order valence-corrected chi connectivity index (χ2v) is 7.58. The van der Waals surface area contributed by atoms with Gasteiger partial charge in [0.2, 0.25) is 10.0 Å². The van der Waals surface area contributed by atoms with E-state index >= 15 is 0 Å². The van der Waals surface area contributed by atoms with Gasteiger partial charge in [-0.25, -0.2) is 13.1 Å². The molecule has 0 bridgehead atoms. The lowest BCUT2D eigenvalue weighted by Gasteiger charge is -2.15. The van der Waals surface area contributed by atoms with Gasteiger partial charge in [0.25, 0.3) is 0 Å². The molecule has 118 valence electrons. The van der Waals surface area contributed by atoms with Gasteiger partial charge in [0.1, 0.15) is 16.4 Å². The molecule has 0 spiro atoms. The maximum absolute atomic E-state index is 12.4. The molecule has 1 fully saturated rings. The number of hydrogen-bond acceptors (Lipinski definition) is 5. The molecule has 0 saturated heterocycles. The average Bonchev–Trinajstić information content (AvgIpc) is 3.28. The molecule has 1 aromatic carbocycles. The molecule has 6 nitrogen and oxygen atoms in total. The van der Waals surface area contributed by atoms with E-state index in [-0.39, 0.29) is 23.2 Å². The Bertz CT molecular complexity index is 617. The highest BCUT2D eigenvalue weighted by Gasteiger charge is 2.30. The summed E-state index contributed by atoms with van der Waals surface area (Å²) in [7, 11) is -0.818. The minimum Gasteiger partial charge on any atom is -0.496 e. The molecule has 0 amide bonds. The fourth-order valence-electron chi connectivity index (χ4n) is 2.02. The quantitative estimate of drug-likeness (QED) is 0.749. The molecule has 2 rings (SSSR count). The predicted molar refractivity (Wildman–Crippen MR) is 83.1 cm³/mol. The number of ether oxygens (including phenoxy) is 2. The van der Waals surface area contributed by atoms with E-state index in [9.17, 15) is 8.42 Å². The highest BCUT2D eigenvalue weighted by molar-refractivity contribution is 9.10. The first kappa shape index (κ1) is 16.5. The number of rotatable bonds is 7. The SMILES string of the molecule is COc1cc(S(=O)(=O)NCC(N)C2CC2)c(OC)cc1Br. The molecule has 1 aliphatic rings. The maximum Gasteiger partial charge on any atom is 0.244 e. The van der Waals surface area contributed by atoms with Crippen LogP contribution in [0.3, 0.4) is 0 Å². The molecule has 1 unspecified atom stereocenters. The summed E-state index contributed by atoms with van der Waals surface area (Å²) >= 11 is 3.30. The van der Waals surface area contributed by atoms with Gasteiger partial charge in [-0.15, -0.1) is 0 Å². The smallest absolute Gasteiger partial charge is 0.244 e. The van der Waals surface area contributed by atoms with Crippen molar-refractivity contribution < 1.29 is 17.9 Å². The van der Waals surface area contributed by atoms with Crippen LogP contribution >= 0.6 is 15.9 Å². The van der Waals surface area contributed by atoms with Gasteiger partial charge < -0.3 is 15.2 Å². The van der Waals surface area contributed by atoms with Crippen molar-refractivity contribution in [3.8, 4) is 11.5 Å². The second kappa shape index (κ2) is 6.51. The van der Waals surface area contributed by atoms with Crippen LogP contribution in [-0.4, -0.2) is 35.2 Å². The van der Waals surface area contributed by atoms with Gasteiger partial charge in [-0.05, 0) is 40.8 Å². The zero-order valence-electron chi connectivity index (χ0n) is 11.9. The number of methoxy groups -OCH3 is 2. The van der Waals surface area contributed by atoms with Crippen LogP contribution in [0.15, 0.2) is 21.5 Å². The van der Waals surface area contributed by atoms with Gasteiger partial charge in [-0.3, -0.25) is 0 Å². The summed E-state index contributed by atoms with van der Waals surface area (Å²) in [5.41, 5.74) is 5.92. The first-order chi connectivity index (χ1) is 9.89. The van der Waals surface area contributed by atoms with Crippen molar-refractivity contribution in [1.29, 1.82) is 0 Å². The normalized spacial score (nSPS) is 16.6. The Morgan fingerprint density at radius 1 is 1.33 bits per heavy atom. The van der Waals surface area contributed by atoms with E-state index in [1.807, 2.05) is 0 Å². The van der Waals surface area contributed by atoms with Gasteiger partial charge >= 0.3 is 0 Å². The van der Waals surface area contributed by atoms with Gasteiger partial charge in [0.05, 0.1) is 18.7 Å². The molecule has 0 aliphatic heterocycles. The van der Waals surface area contributed by atoms with E-state index in [4.69, 9.17) is 15.2 Å². The lowest BCUT2D eigenvalue weighted by molar-refractivity contribution is 0.390. The van der Waals surface area contributed by atoms with Crippen LogP contribution in [0.25, 0.3) is 0 Å². The van der Waals surface area contributed by atoms with Gasteiger partial charge in [-0.2, -0.15) is 0 Å². The summed E-state index contributed by atoms with van der Waals surface area (Å²) in [5, 5.41) is 0. The molecule has 0 heterocycles. The van der Waals surface area contributed by atoms with Crippen LogP contribution in [0, 0.1) is 5.92 Å². The van der Waals surface area contributed by atoms with Crippen LogP contribution in [0.5, 0.6) is 11.5 Å². The topological polar surface area (TPSA) is 90.7 Å². The molecule has 1 aliphatic carbocycles. The van der Waals surface area contributed by atoms with E-state index in [0.717, 1.165) is 12.8 Å². The number of nitrogens with one attached hydrogen (secondary N) is 1. The van der Waals surface area contributed by atoms with E-state index in [1.165, 1.54) is 20.3 Å². The van der Waals surface area contributed by atoms with Crippen LogP contribution in [0.1, 0.15) is 12.8 Å². The molecule has 1 saturated carbocycles. The molecule has 3 N–H and O–H groups in total. The summed E-state index contributed by atoms with van der Waals surface area (Å²) in [6.07, 6.45) is 2.14. The fourth-order valence-corrected chi connectivity index (χ4v) is 3.74. The summed E-state index contributed by atoms with van der Waals surface area (Å²) < 4.78 is 38.3. The monoisotopic (exact) mass is 378 g/mol. The van der Waals surface area contributed by atoms with Gasteiger partial charge in [0.15, 0.2) is 0 Å². The van der Waals surface area contributed by atoms with Crippen molar-refractivity contribution in [1.82, 2.24) is 4.72 Å². The van der Waals surface area contributed by atoms with Crippen molar-refractivity contribution in [2.24, 2.45) is 11.7 Å². The Labute approximate surface area is 133 Å². The third kappa shape index (κ3) is 3.88. The van der Waals surface area contributed by atoms with E-state index in [2.05, 4.69) is 20.7 Å². The molecular weight excluding hydrogens is 360 g/mol. The third-order valence-electron chi connectivity index (χ3n) is 3.46. The van der Waals surface area contributed by atoms with Crippen LogP contribution < -0.4 is 19.9 Å². The lowest BCUT2D eigenvalue weighted by atomic mass is 10.2. The molecule has 0 radical (unpaired) electrons. The Morgan fingerprint density at radius 2 is 1.95 bits per heavy atom. The van der Waals surface area contributed by atoms with Crippen LogP contribution in [0.2, 0.25) is 0 Å². The Morgan fingerprint density at radius 3 is 2.48 bits per heavy atom. The van der Waals surface area contributed by atoms with E-state index in [1.54, 1.807) is 6.07 Å². The van der Waals surface area contributed by atoms with Crippen molar-refractivity contribution in [3.63, 3.8) is 0 Å². The van der Waals surface area contributed by atoms with E-state index in [0.29, 0.717) is 16.1 Å². The van der Waals surface area contributed by atoms with Gasteiger partial charge in [0, 0.05) is 18.7 Å². The minimum atomic E-state index is -3.71. The Hall–Kier alpha value is -0.830. The minimum absolute atomic E-state index is 0.0352. The first-order valence-electron chi connectivity index (χ1n) is 6.55. The fraction of sp³-hybridized carbons (Fsp3) is 0.538. The number of sulfonamides is 1. The number of halogens is 1. The maximum atomic E-state index is 12.4. The number of benzene rings is 1. The van der Waals surface area contributed by atoms with Crippen LogP contribution in [0.4, 0.5) is 0 Å². The largest absolute Gasteiger partial charge is 0.496 e. The van der Waals surface area contributed by atoms with Crippen molar-refractivity contribution in [2.75, 3.05) is 20.8 Å². The molecule has 1 aromatic rings. The number of nitrogens with two attached hydrogens (primary N) is 1. The van der Waals surface area contributed by atoms with Crippen LogP contribution in [-0.2, 0) is 10.0 Å². The molecule has 21 heavy (non-hydrogen) atoms. The zero-order valence-corrected chi connectivity index (χ0v) is 14.3. The average molecular weight is 379 g/mol. The Kier molecular flexibility index (Phi) is 5.13. The molecular formula is C13H19BrN2O4S. The second-order valence-electron chi connectivity index (χ2n) is 4.99. The highest BCUT2D eigenvalue weighted by atomic mass is 79.9. The summed E-state index contributed by atoms with van der Waals surface area (Å²) in [6.45, 7) is 0.217. The lowest BCUT2D eigenvalue weighted by Crippen LogP contribution is -2.38. The number of hydrogen-bond donors (Lipinski definition) is 2. The van der Waals surface area contributed by atoms with Crippen molar-refractivity contribution >= 4 is 26.0 Å². The first-order valence-corrected chi connectivity index (χ1v) is 8.83. The van der Waals surface area contributed by atoms with Crippen molar-refractivity contribution in [3.05, 3.63) is 16.6 Å². The standard InChI is InChI=1S/C13H19BrN2O4S/c1-19-11-6-13(12(20-2)5-9(11)14)21(17,18)16-7-10(15)8-3-4-8/h5-6,8,10,16H,3-4,7,15H2,1-2H3. The Balaban J connectivity index is 2.24. The van der Waals surface area contributed by atoms with E-state index < -0.39 is 10.0 Å². The third-order valence-corrected chi connectivity index (χ3v) is 5.53. The van der Waals surface area contributed by atoms with Gasteiger partial charge in [-0.1, -0.05) is 0 Å².